The smallest absolute Gasteiger partial charge is 0.411 e. The molecule has 2 aromatic rings. The van der Waals surface area contributed by atoms with Gasteiger partial charge in [0.25, 0.3) is 0 Å². The van der Waals surface area contributed by atoms with E-state index in [-0.39, 0.29) is 32.1 Å². The van der Waals surface area contributed by atoms with Crippen molar-refractivity contribution in [2.45, 2.75) is 67.2 Å². The van der Waals surface area contributed by atoms with Gasteiger partial charge in [0.2, 0.25) is 17.7 Å². The van der Waals surface area contributed by atoms with Gasteiger partial charge in [-0.1, -0.05) is 12.1 Å². The van der Waals surface area contributed by atoms with Crippen molar-refractivity contribution < 1.29 is 62.0 Å². The SMILES string of the molecule is CCOC(=O)C(C(=O)Nc1cc(NC(=O)OCCCCOCCCCOC(=O)Nc2ccc(C)c(NC(=O)C(C(C)=O)C(C)=O)c2)ccc1C)C(=O)OCC. The standard InChI is InChI=1S/C38H50N4O13/c1-7-52-35(47)32(36(48)53-8-2)34(46)42-30-22-28(16-14-24(30)4)40-38(50)55-20-12-10-18-51-17-9-11-19-54-37(49)39-27-15-13-23(3)29(21-27)41-33(45)31(25(5)43)26(6)44/h13-16,21-22,31-32H,7-12,17-20H2,1-6H3,(H,39,49)(H,40,50)(H,41,45)(H,42,46). The van der Waals surface area contributed by atoms with Gasteiger partial charge in [0.15, 0.2) is 5.92 Å². The van der Waals surface area contributed by atoms with Gasteiger partial charge in [-0.2, -0.15) is 0 Å². The summed E-state index contributed by atoms with van der Waals surface area (Å²) in [7, 11) is 0. The molecule has 17 nitrogen and oxygen atoms in total. The summed E-state index contributed by atoms with van der Waals surface area (Å²) >= 11 is 0. The van der Waals surface area contributed by atoms with E-state index < -0.39 is 59.3 Å². The van der Waals surface area contributed by atoms with Crippen molar-refractivity contribution in [2.75, 3.05) is 60.9 Å². The zero-order chi connectivity index (χ0) is 40.9. The summed E-state index contributed by atoms with van der Waals surface area (Å²) in [6.45, 7) is 9.92. The lowest BCUT2D eigenvalue weighted by Gasteiger charge is -2.16. The van der Waals surface area contributed by atoms with Crippen molar-refractivity contribution in [1.82, 2.24) is 0 Å². The van der Waals surface area contributed by atoms with Crippen LogP contribution in [0.3, 0.4) is 0 Å². The van der Waals surface area contributed by atoms with E-state index in [0.717, 1.165) is 0 Å². The predicted molar refractivity (Wildman–Crippen MR) is 200 cm³/mol. The summed E-state index contributed by atoms with van der Waals surface area (Å²) in [5, 5.41) is 10.2. The lowest BCUT2D eigenvalue weighted by molar-refractivity contribution is -0.163. The molecule has 0 unspecified atom stereocenters. The molecule has 0 radical (unpaired) electrons. The maximum absolute atomic E-state index is 12.8. The van der Waals surface area contributed by atoms with Crippen LogP contribution in [-0.2, 0) is 52.5 Å². The zero-order valence-electron chi connectivity index (χ0n) is 32.0. The number of ether oxygens (including phenoxy) is 5. The fraction of sp³-hybridized carbons (Fsp3) is 0.474. The van der Waals surface area contributed by atoms with Gasteiger partial charge in [-0.3, -0.25) is 39.4 Å². The van der Waals surface area contributed by atoms with Crippen LogP contribution in [0.1, 0.15) is 64.5 Å². The first-order valence-electron chi connectivity index (χ1n) is 17.8. The summed E-state index contributed by atoms with van der Waals surface area (Å²) in [5.41, 5.74) is 2.52. The number of carbonyl (C=O) groups excluding carboxylic acids is 8. The van der Waals surface area contributed by atoms with Gasteiger partial charge in [-0.25, -0.2) is 9.59 Å². The van der Waals surface area contributed by atoms with Crippen molar-refractivity contribution >= 4 is 70.3 Å². The minimum atomic E-state index is -1.81. The van der Waals surface area contributed by atoms with Crippen LogP contribution < -0.4 is 21.3 Å². The monoisotopic (exact) mass is 770 g/mol. The van der Waals surface area contributed by atoms with E-state index in [2.05, 4.69) is 21.3 Å². The number of nitrogens with one attached hydrogen (secondary N) is 4. The van der Waals surface area contributed by atoms with Gasteiger partial charge in [-0.05, 0) is 103 Å². The van der Waals surface area contributed by atoms with Crippen LogP contribution in [0.4, 0.5) is 32.3 Å². The Labute approximate surface area is 319 Å². The summed E-state index contributed by atoms with van der Waals surface area (Å²) in [6.07, 6.45) is 0.924. The van der Waals surface area contributed by atoms with Gasteiger partial charge in [-0.15, -0.1) is 0 Å². The summed E-state index contributed by atoms with van der Waals surface area (Å²) in [4.78, 5) is 97.8. The van der Waals surface area contributed by atoms with Gasteiger partial charge in [0.05, 0.1) is 26.4 Å². The lowest BCUT2D eigenvalue weighted by atomic mass is 9.99. The summed E-state index contributed by atoms with van der Waals surface area (Å²) in [6, 6.07) is 9.48. The summed E-state index contributed by atoms with van der Waals surface area (Å²) < 4.78 is 25.7. The van der Waals surface area contributed by atoms with Crippen LogP contribution in [0, 0.1) is 25.7 Å². The van der Waals surface area contributed by atoms with Crippen LogP contribution >= 0.6 is 0 Å². The Morgan fingerprint density at radius 1 is 0.527 bits per heavy atom. The lowest BCUT2D eigenvalue weighted by Crippen LogP contribution is -2.38. The van der Waals surface area contributed by atoms with Gasteiger partial charge >= 0.3 is 24.1 Å². The highest BCUT2D eigenvalue weighted by Crippen LogP contribution is 2.23. The molecule has 0 saturated carbocycles. The molecule has 55 heavy (non-hydrogen) atoms. The number of esters is 2. The van der Waals surface area contributed by atoms with Crippen molar-refractivity contribution in [3.05, 3.63) is 47.5 Å². The first-order chi connectivity index (χ1) is 26.2. The van der Waals surface area contributed by atoms with E-state index in [9.17, 15) is 38.4 Å². The molecule has 0 fully saturated rings. The van der Waals surface area contributed by atoms with Crippen LogP contribution in [0.15, 0.2) is 36.4 Å². The Bertz CT molecular complexity index is 1660. The Morgan fingerprint density at radius 3 is 1.29 bits per heavy atom. The number of carbonyl (C=O) groups is 8. The molecular formula is C38H50N4O13. The molecular weight excluding hydrogens is 720 g/mol. The maximum Gasteiger partial charge on any atom is 0.411 e. The third-order valence-corrected chi connectivity index (χ3v) is 7.70. The summed E-state index contributed by atoms with van der Waals surface area (Å²) in [5.74, 6) is -8.09. The fourth-order valence-electron chi connectivity index (χ4n) is 4.85. The molecule has 2 aromatic carbocycles. The number of hydrogen-bond donors (Lipinski definition) is 4. The molecule has 0 aromatic heterocycles. The van der Waals surface area contributed by atoms with Crippen molar-refractivity contribution in [3.8, 4) is 0 Å². The number of aryl methyl sites for hydroxylation is 2. The van der Waals surface area contributed by atoms with Crippen LogP contribution in [0.25, 0.3) is 0 Å². The average molecular weight is 771 g/mol. The molecule has 0 bridgehead atoms. The van der Waals surface area contributed by atoms with Crippen LogP contribution in [0.2, 0.25) is 0 Å². The van der Waals surface area contributed by atoms with Gasteiger partial charge in [0, 0.05) is 36.0 Å². The van der Waals surface area contributed by atoms with Crippen molar-refractivity contribution in [3.63, 3.8) is 0 Å². The molecule has 2 rings (SSSR count). The van der Waals surface area contributed by atoms with Crippen molar-refractivity contribution in [2.24, 2.45) is 11.8 Å². The number of benzene rings is 2. The van der Waals surface area contributed by atoms with Gasteiger partial charge in [0.1, 0.15) is 11.6 Å². The van der Waals surface area contributed by atoms with E-state index in [1.807, 2.05) is 0 Å². The number of amides is 4. The van der Waals surface area contributed by atoms with Crippen LogP contribution in [0.5, 0.6) is 0 Å². The molecule has 0 aliphatic rings. The van der Waals surface area contributed by atoms with E-state index in [4.69, 9.17) is 23.7 Å². The predicted octanol–water partition coefficient (Wildman–Crippen LogP) is 5.09. The Morgan fingerprint density at radius 2 is 0.909 bits per heavy atom. The van der Waals surface area contributed by atoms with Crippen molar-refractivity contribution in [1.29, 1.82) is 0 Å². The number of anilines is 4. The number of unbranched alkanes of at least 4 members (excludes halogenated alkanes) is 2. The Kier molecular flexibility index (Phi) is 19.6. The van der Waals surface area contributed by atoms with E-state index >= 15 is 0 Å². The molecule has 0 heterocycles. The minimum absolute atomic E-state index is 0.0292. The van der Waals surface area contributed by atoms with E-state index in [0.29, 0.717) is 67.1 Å². The molecule has 0 aliphatic carbocycles. The van der Waals surface area contributed by atoms with E-state index in [1.165, 1.54) is 26.0 Å². The van der Waals surface area contributed by atoms with E-state index in [1.54, 1.807) is 52.0 Å². The highest BCUT2D eigenvalue weighted by Gasteiger charge is 2.37. The largest absolute Gasteiger partial charge is 0.465 e. The minimum Gasteiger partial charge on any atom is -0.465 e. The second-order valence-corrected chi connectivity index (χ2v) is 12.2. The number of hydrogen-bond acceptors (Lipinski definition) is 13. The van der Waals surface area contributed by atoms with Gasteiger partial charge < -0.3 is 34.3 Å². The first-order valence-corrected chi connectivity index (χ1v) is 17.8. The maximum atomic E-state index is 12.8. The fourth-order valence-corrected chi connectivity index (χ4v) is 4.85. The first kappa shape index (κ1) is 45.3. The average Bonchev–Trinajstić information content (AvgIpc) is 3.10. The molecule has 0 saturated heterocycles. The van der Waals surface area contributed by atoms with Crippen LogP contribution in [-0.4, -0.2) is 87.1 Å². The molecule has 0 aliphatic heterocycles. The highest BCUT2D eigenvalue weighted by molar-refractivity contribution is 6.21. The topological polar surface area (TPSA) is 231 Å². The Balaban J connectivity index is 1.64. The normalized spacial score (nSPS) is 10.6. The Hall–Kier alpha value is -5.84. The second kappa shape index (κ2) is 23.7. The number of Topliss-reactive ketones (excluding diaryl/α,β-unsaturated/α-hetero) is 2. The molecule has 0 atom stereocenters. The molecule has 0 spiro atoms. The molecule has 17 heteroatoms. The third-order valence-electron chi connectivity index (χ3n) is 7.70. The molecule has 300 valence electrons. The highest BCUT2D eigenvalue weighted by atomic mass is 16.6. The number of ketones is 2. The molecule has 4 amide bonds. The second-order valence-electron chi connectivity index (χ2n) is 12.2. The quantitative estimate of drug-likeness (QED) is 0.0530. The number of rotatable bonds is 22. The zero-order valence-corrected chi connectivity index (χ0v) is 32.0. The molecule has 4 N–H and O–H groups in total. The third kappa shape index (κ3) is 16.0.